The van der Waals surface area contributed by atoms with Gasteiger partial charge in [-0.3, -0.25) is 0 Å². The van der Waals surface area contributed by atoms with Crippen LogP contribution in [0.4, 0.5) is 5.95 Å². The Balaban J connectivity index is 2.32. The van der Waals surface area contributed by atoms with Crippen molar-refractivity contribution in [2.75, 3.05) is 39.6 Å². The van der Waals surface area contributed by atoms with Crippen molar-refractivity contribution in [2.45, 2.75) is 12.8 Å². The number of unbranched alkanes of at least 4 members (excludes halogenated alkanes) is 1. The number of hydrogen-bond acceptors (Lipinski definition) is 5. The van der Waals surface area contributed by atoms with Gasteiger partial charge in [-0.2, -0.15) is 4.98 Å². The molecular formula is C11H19BrN4O. The summed E-state index contributed by atoms with van der Waals surface area (Å²) in [6, 6.07) is 0. The minimum atomic E-state index is 0.552. The number of anilines is 1. The van der Waals surface area contributed by atoms with E-state index in [-0.39, 0.29) is 0 Å². The van der Waals surface area contributed by atoms with Crippen LogP contribution in [-0.4, -0.2) is 49.2 Å². The Morgan fingerprint density at radius 1 is 1.41 bits per heavy atom. The van der Waals surface area contributed by atoms with Gasteiger partial charge in [-0.15, -0.1) is 0 Å². The number of methoxy groups -OCH3 is 1. The summed E-state index contributed by atoms with van der Waals surface area (Å²) in [6.45, 7) is 1.98. The molecule has 0 radical (unpaired) electrons. The quantitative estimate of drug-likeness (QED) is 0.781. The Morgan fingerprint density at radius 3 is 2.82 bits per heavy atom. The lowest BCUT2D eigenvalue weighted by atomic mass is 10.3. The highest BCUT2D eigenvalue weighted by atomic mass is 79.9. The van der Waals surface area contributed by atoms with Crippen molar-refractivity contribution in [3.05, 3.63) is 10.7 Å². The summed E-state index contributed by atoms with van der Waals surface area (Å²) >= 11 is 3.32. The van der Waals surface area contributed by atoms with E-state index in [0.29, 0.717) is 11.8 Å². The lowest BCUT2D eigenvalue weighted by Gasteiger charge is -2.10. The van der Waals surface area contributed by atoms with Crippen LogP contribution < -0.4 is 10.1 Å². The molecule has 1 aromatic rings. The first-order valence-electron chi connectivity index (χ1n) is 5.58. The van der Waals surface area contributed by atoms with Gasteiger partial charge in [0.2, 0.25) is 11.8 Å². The summed E-state index contributed by atoms with van der Waals surface area (Å²) in [7, 11) is 5.75. The molecule has 0 saturated carbocycles. The van der Waals surface area contributed by atoms with E-state index in [1.54, 1.807) is 13.3 Å². The highest BCUT2D eigenvalue weighted by Crippen LogP contribution is 2.21. The third-order valence-corrected chi connectivity index (χ3v) is 2.76. The first-order valence-corrected chi connectivity index (χ1v) is 6.38. The molecule has 0 atom stereocenters. The van der Waals surface area contributed by atoms with Crippen LogP contribution in [0, 0.1) is 0 Å². The van der Waals surface area contributed by atoms with Crippen LogP contribution in [-0.2, 0) is 0 Å². The van der Waals surface area contributed by atoms with E-state index in [1.165, 1.54) is 0 Å². The van der Waals surface area contributed by atoms with Crippen molar-refractivity contribution in [3.8, 4) is 5.88 Å². The van der Waals surface area contributed by atoms with Crippen LogP contribution in [0.25, 0.3) is 0 Å². The monoisotopic (exact) mass is 302 g/mol. The van der Waals surface area contributed by atoms with E-state index < -0.39 is 0 Å². The molecule has 0 aromatic carbocycles. The zero-order valence-electron chi connectivity index (χ0n) is 10.5. The topological polar surface area (TPSA) is 50.3 Å². The fourth-order valence-electron chi connectivity index (χ4n) is 1.33. The van der Waals surface area contributed by atoms with Crippen LogP contribution in [0.5, 0.6) is 5.88 Å². The minimum Gasteiger partial charge on any atom is -0.480 e. The third kappa shape index (κ3) is 5.32. The molecule has 0 amide bonds. The molecule has 0 fully saturated rings. The highest BCUT2D eigenvalue weighted by Gasteiger charge is 2.04. The minimum absolute atomic E-state index is 0.552. The van der Waals surface area contributed by atoms with Crippen LogP contribution in [0.1, 0.15) is 12.8 Å². The molecule has 0 bridgehead atoms. The van der Waals surface area contributed by atoms with Gasteiger partial charge in [-0.1, -0.05) is 0 Å². The van der Waals surface area contributed by atoms with E-state index >= 15 is 0 Å². The van der Waals surface area contributed by atoms with Crippen molar-refractivity contribution in [3.63, 3.8) is 0 Å². The number of ether oxygens (including phenoxy) is 1. The molecule has 0 saturated heterocycles. The second-order valence-electron chi connectivity index (χ2n) is 3.99. The first kappa shape index (κ1) is 14.2. The molecule has 0 spiro atoms. The molecular weight excluding hydrogens is 284 g/mol. The Hall–Kier alpha value is -0.880. The summed E-state index contributed by atoms with van der Waals surface area (Å²) in [5.74, 6) is 1.16. The fraction of sp³-hybridized carbons (Fsp3) is 0.636. The maximum Gasteiger partial charge on any atom is 0.232 e. The lowest BCUT2D eigenvalue weighted by molar-refractivity contribution is 0.393. The predicted molar refractivity (Wildman–Crippen MR) is 72.6 cm³/mol. The van der Waals surface area contributed by atoms with Crippen molar-refractivity contribution < 1.29 is 4.74 Å². The van der Waals surface area contributed by atoms with Crippen molar-refractivity contribution in [1.29, 1.82) is 0 Å². The van der Waals surface area contributed by atoms with Gasteiger partial charge in [-0.25, -0.2) is 4.98 Å². The van der Waals surface area contributed by atoms with Gasteiger partial charge in [0.05, 0.1) is 17.8 Å². The molecule has 1 aromatic heterocycles. The SMILES string of the molecule is COc1nc(NCCCCN(C)C)ncc1Br. The van der Waals surface area contributed by atoms with E-state index in [4.69, 9.17) is 4.74 Å². The first-order chi connectivity index (χ1) is 8.13. The Kier molecular flexibility index (Phi) is 6.21. The summed E-state index contributed by atoms with van der Waals surface area (Å²) in [6.07, 6.45) is 3.95. The molecule has 6 heteroatoms. The van der Waals surface area contributed by atoms with Gasteiger partial charge >= 0.3 is 0 Å². The van der Waals surface area contributed by atoms with E-state index in [2.05, 4.69) is 50.2 Å². The van der Waals surface area contributed by atoms with Gasteiger partial charge in [-0.05, 0) is 49.4 Å². The highest BCUT2D eigenvalue weighted by molar-refractivity contribution is 9.10. The largest absolute Gasteiger partial charge is 0.480 e. The number of hydrogen-bond donors (Lipinski definition) is 1. The van der Waals surface area contributed by atoms with Gasteiger partial charge in [0.15, 0.2) is 0 Å². The number of nitrogens with one attached hydrogen (secondary N) is 1. The Labute approximate surface area is 111 Å². The number of nitrogens with zero attached hydrogens (tertiary/aromatic N) is 3. The second-order valence-corrected chi connectivity index (χ2v) is 4.84. The smallest absolute Gasteiger partial charge is 0.232 e. The molecule has 17 heavy (non-hydrogen) atoms. The molecule has 5 nitrogen and oxygen atoms in total. The van der Waals surface area contributed by atoms with Crippen molar-refractivity contribution >= 4 is 21.9 Å². The van der Waals surface area contributed by atoms with E-state index in [1.807, 2.05) is 0 Å². The molecule has 96 valence electrons. The summed E-state index contributed by atoms with van der Waals surface area (Å²) in [4.78, 5) is 10.6. The molecule has 1 heterocycles. The van der Waals surface area contributed by atoms with Gasteiger partial charge in [0.1, 0.15) is 0 Å². The number of rotatable bonds is 7. The van der Waals surface area contributed by atoms with Crippen molar-refractivity contribution in [2.24, 2.45) is 0 Å². The zero-order chi connectivity index (χ0) is 12.7. The molecule has 0 aliphatic heterocycles. The Morgan fingerprint density at radius 2 is 2.18 bits per heavy atom. The Bertz CT molecular complexity index is 346. The average Bonchev–Trinajstić information content (AvgIpc) is 2.30. The normalized spacial score (nSPS) is 10.6. The molecule has 1 N–H and O–H groups in total. The van der Waals surface area contributed by atoms with Crippen LogP contribution in [0.3, 0.4) is 0 Å². The number of halogens is 1. The summed E-state index contributed by atoms with van der Waals surface area (Å²) in [5.41, 5.74) is 0. The second kappa shape index (κ2) is 7.45. The van der Waals surface area contributed by atoms with E-state index in [0.717, 1.165) is 30.4 Å². The maximum atomic E-state index is 5.10. The predicted octanol–water partition coefficient (Wildman–Crippen LogP) is 2.00. The van der Waals surface area contributed by atoms with Crippen LogP contribution in [0.15, 0.2) is 10.7 Å². The molecule has 0 unspecified atom stereocenters. The average molecular weight is 303 g/mol. The zero-order valence-corrected chi connectivity index (χ0v) is 12.1. The van der Waals surface area contributed by atoms with Gasteiger partial charge in [0, 0.05) is 6.54 Å². The third-order valence-electron chi connectivity index (χ3n) is 2.22. The summed E-state index contributed by atoms with van der Waals surface area (Å²) in [5, 5.41) is 3.18. The van der Waals surface area contributed by atoms with Gasteiger partial charge in [0.25, 0.3) is 0 Å². The number of aromatic nitrogens is 2. The van der Waals surface area contributed by atoms with Gasteiger partial charge < -0.3 is 15.0 Å². The van der Waals surface area contributed by atoms with Crippen LogP contribution >= 0.6 is 15.9 Å². The van der Waals surface area contributed by atoms with E-state index in [9.17, 15) is 0 Å². The van der Waals surface area contributed by atoms with Crippen molar-refractivity contribution in [1.82, 2.24) is 14.9 Å². The maximum absolute atomic E-state index is 5.10. The van der Waals surface area contributed by atoms with Crippen LogP contribution in [0.2, 0.25) is 0 Å². The molecule has 0 aliphatic rings. The molecule has 1 rings (SSSR count). The lowest BCUT2D eigenvalue weighted by Crippen LogP contribution is -2.14. The summed E-state index contributed by atoms with van der Waals surface area (Å²) < 4.78 is 5.86. The fourth-order valence-corrected chi connectivity index (χ4v) is 1.69. The molecule has 0 aliphatic carbocycles. The standard InChI is InChI=1S/C11H19BrN4O/c1-16(2)7-5-4-6-13-11-14-8-9(12)10(15-11)17-3/h8H,4-7H2,1-3H3,(H,13,14,15).